The van der Waals surface area contributed by atoms with Gasteiger partial charge in [0.2, 0.25) is 0 Å². The molecule has 2 saturated heterocycles. The van der Waals surface area contributed by atoms with Crippen molar-refractivity contribution in [2.24, 2.45) is 0 Å². The molecule has 0 bridgehead atoms. The molecule has 0 saturated carbocycles. The lowest BCUT2D eigenvalue weighted by molar-refractivity contribution is -0.270. The van der Waals surface area contributed by atoms with Crippen molar-refractivity contribution in [3.8, 4) is 0 Å². The average molecular weight is 685 g/mol. The second-order valence-corrected chi connectivity index (χ2v) is 13.3. The number of ether oxygens (including phenoxy) is 4. The molecule has 3 heterocycles. The van der Waals surface area contributed by atoms with Crippen LogP contribution in [0.4, 0.5) is 0 Å². The van der Waals surface area contributed by atoms with Crippen molar-refractivity contribution in [1.82, 2.24) is 9.55 Å². The third-order valence-corrected chi connectivity index (χ3v) is 9.68. The van der Waals surface area contributed by atoms with E-state index in [0.29, 0.717) is 25.6 Å². The Bertz CT molecular complexity index is 1250. The molecule has 11 atom stereocenters. The van der Waals surface area contributed by atoms with Crippen LogP contribution < -0.4 is 11.2 Å². The molecule has 3 rings (SSSR count). The number of H-pyrrole nitrogens is 1. The van der Waals surface area contributed by atoms with E-state index in [1.807, 2.05) is 4.98 Å². The lowest BCUT2D eigenvalue weighted by Gasteiger charge is -2.40. The van der Waals surface area contributed by atoms with Crippen molar-refractivity contribution < 1.29 is 76.8 Å². The molecule has 0 radical (unpaired) electrons. The fourth-order valence-electron chi connectivity index (χ4n) is 3.90. The van der Waals surface area contributed by atoms with Gasteiger partial charge in [0.05, 0.1) is 32.5 Å². The highest BCUT2D eigenvalue weighted by Crippen LogP contribution is 2.61. The van der Waals surface area contributed by atoms with Crippen molar-refractivity contribution in [3.05, 3.63) is 33.1 Å². The van der Waals surface area contributed by atoms with E-state index in [4.69, 9.17) is 18.9 Å². The van der Waals surface area contributed by atoms with Crippen molar-refractivity contribution in [2.75, 3.05) is 45.0 Å². The van der Waals surface area contributed by atoms with Crippen LogP contribution in [0.25, 0.3) is 0 Å². The highest BCUT2D eigenvalue weighted by atomic mass is 32.2. The number of thioether (sulfide) groups is 1. The molecule has 0 spiro atoms. The maximum absolute atomic E-state index is 12.5. The summed E-state index contributed by atoms with van der Waals surface area (Å²) in [5, 5.41) is 51.0. The summed E-state index contributed by atoms with van der Waals surface area (Å²) in [5.74, 6) is 0.463. The fraction of sp³-hybridized carbons (Fsp3) is 0.800. The van der Waals surface area contributed by atoms with Gasteiger partial charge in [0.1, 0.15) is 36.6 Å². The molecular formula is C20H34N2O18P2S. The van der Waals surface area contributed by atoms with Crippen LogP contribution >= 0.6 is 27.4 Å². The first kappa shape index (κ1) is 36.4. The zero-order valence-electron chi connectivity index (χ0n) is 22.5. The van der Waals surface area contributed by atoms with Crippen LogP contribution in [0.1, 0.15) is 6.23 Å². The molecule has 43 heavy (non-hydrogen) atoms. The van der Waals surface area contributed by atoms with Crippen LogP contribution in [0, 0.1) is 0 Å². The van der Waals surface area contributed by atoms with Gasteiger partial charge in [0.25, 0.3) is 5.56 Å². The summed E-state index contributed by atoms with van der Waals surface area (Å²) in [4.78, 5) is 45.2. The van der Waals surface area contributed by atoms with E-state index >= 15 is 0 Å². The molecule has 0 aromatic carbocycles. The molecule has 248 valence electrons. The molecular weight excluding hydrogens is 650 g/mol. The number of rotatable bonds is 16. The maximum Gasteiger partial charge on any atom is 0.483 e. The first-order valence-corrected chi connectivity index (χ1v) is 16.7. The highest BCUT2D eigenvalue weighted by molar-refractivity contribution is 7.99. The number of aliphatic hydroxyl groups excluding tert-OH is 5. The summed E-state index contributed by atoms with van der Waals surface area (Å²) in [7, 11) is -9.56. The SMILES string of the molecule is COCCOCCSCC1O[C@H](OP(=O)(O)OP(=O)(O)OCC2OC(n3ccc(=O)[nH]c3=O)[C@H](O)[C@@H]2O)C(O)[C@@H](O)C1O. The van der Waals surface area contributed by atoms with Gasteiger partial charge < -0.3 is 54.3 Å². The van der Waals surface area contributed by atoms with E-state index in [0.717, 1.165) is 16.8 Å². The Morgan fingerprint density at radius 2 is 1.63 bits per heavy atom. The van der Waals surface area contributed by atoms with Crippen LogP contribution in [0.3, 0.4) is 0 Å². The van der Waals surface area contributed by atoms with Crippen LogP contribution in [0.2, 0.25) is 0 Å². The zero-order valence-corrected chi connectivity index (χ0v) is 25.1. The Labute approximate surface area is 247 Å². The summed E-state index contributed by atoms with van der Waals surface area (Å²) in [6.45, 7) is 0.0670. The molecule has 2 fully saturated rings. The molecule has 1 aromatic rings. The average Bonchev–Trinajstić information content (AvgIpc) is 3.20. The van der Waals surface area contributed by atoms with Crippen molar-refractivity contribution in [2.45, 2.75) is 55.2 Å². The Hall–Kier alpha value is -1.07. The number of aromatic amines is 1. The number of methoxy groups -OCH3 is 1. The van der Waals surface area contributed by atoms with Gasteiger partial charge in [-0.3, -0.25) is 23.4 Å². The highest BCUT2D eigenvalue weighted by Gasteiger charge is 2.49. The summed E-state index contributed by atoms with van der Waals surface area (Å²) in [5.41, 5.74) is -1.73. The molecule has 8 N–H and O–H groups in total. The standard InChI is InChI=1S/C20H34N2O18P2S/c1-34-4-5-35-6-7-43-9-11-14(25)15(26)17(28)19(38-11)39-42(32,33)40-41(30,31)36-8-10-13(24)16(27)18(37-10)22-3-2-12(23)21-20(22)29/h2-3,10-11,13-19,24-28H,4-9H2,1H3,(H,30,31)(H,32,33)(H,21,23,29)/t10?,11?,13-,14?,15+,16-,17?,18?,19-/m1/s1. The third-order valence-electron chi connectivity index (χ3n) is 6.06. The monoisotopic (exact) mass is 684 g/mol. The Kier molecular flexibility index (Phi) is 13.5. The number of phosphoric acid groups is 2. The lowest BCUT2D eigenvalue weighted by atomic mass is 10.0. The molecule has 2 aliphatic rings. The second-order valence-electron chi connectivity index (χ2n) is 9.18. The number of hydrogen-bond donors (Lipinski definition) is 8. The Morgan fingerprint density at radius 1 is 0.930 bits per heavy atom. The molecule has 2 aliphatic heterocycles. The minimum absolute atomic E-state index is 0.0262. The van der Waals surface area contributed by atoms with E-state index in [1.165, 1.54) is 18.9 Å². The summed E-state index contributed by atoms with van der Waals surface area (Å²) in [6, 6.07) is 0.941. The van der Waals surface area contributed by atoms with Gasteiger partial charge in [-0.15, -0.1) is 0 Å². The van der Waals surface area contributed by atoms with Gasteiger partial charge in [0, 0.05) is 30.9 Å². The van der Waals surface area contributed by atoms with Gasteiger partial charge in [-0.2, -0.15) is 16.1 Å². The van der Waals surface area contributed by atoms with Gasteiger partial charge in [-0.1, -0.05) is 0 Å². The zero-order chi connectivity index (χ0) is 31.9. The molecule has 0 amide bonds. The van der Waals surface area contributed by atoms with Crippen molar-refractivity contribution in [3.63, 3.8) is 0 Å². The van der Waals surface area contributed by atoms with Gasteiger partial charge in [0.15, 0.2) is 12.5 Å². The first-order valence-electron chi connectivity index (χ1n) is 12.5. The smallest absolute Gasteiger partial charge is 0.388 e. The van der Waals surface area contributed by atoms with Crippen LogP contribution in [0.5, 0.6) is 0 Å². The number of aromatic nitrogens is 2. The summed E-state index contributed by atoms with van der Waals surface area (Å²) < 4.78 is 59.8. The maximum atomic E-state index is 12.5. The van der Waals surface area contributed by atoms with E-state index in [1.54, 1.807) is 0 Å². The van der Waals surface area contributed by atoms with Crippen molar-refractivity contribution in [1.29, 1.82) is 0 Å². The van der Waals surface area contributed by atoms with Crippen LogP contribution in [0.15, 0.2) is 21.9 Å². The largest absolute Gasteiger partial charge is 0.483 e. The number of nitrogens with zero attached hydrogens (tertiary/aromatic N) is 1. The van der Waals surface area contributed by atoms with Crippen molar-refractivity contribution >= 4 is 27.4 Å². The summed E-state index contributed by atoms with van der Waals surface area (Å²) >= 11 is 1.22. The van der Waals surface area contributed by atoms with Gasteiger partial charge >= 0.3 is 21.3 Å². The minimum atomic E-state index is -5.59. The number of aliphatic hydroxyl groups is 5. The topological polar surface area (TPSA) is 295 Å². The second kappa shape index (κ2) is 16.0. The van der Waals surface area contributed by atoms with Gasteiger partial charge in [-0.05, 0) is 0 Å². The van der Waals surface area contributed by atoms with E-state index < -0.39 is 88.7 Å². The summed E-state index contributed by atoms with van der Waals surface area (Å²) in [6.07, 6.45) is -14.6. The van der Waals surface area contributed by atoms with Gasteiger partial charge in [-0.25, -0.2) is 13.9 Å². The predicted molar refractivity (Wildman–Crippen MR) is 142 cm³/mol. The molecule has 7 unspecified atom stereocenters. The fourth-order valence-corrected chi connectivity index (χ4v) is 6.97. The Balaban J connectivity index is 1.54. The Morgan fingerprint density at radius 3 is 2.30 bits per heavy atom. The minimum Gasteiger partial charge on any atom is -0.388 e. The van der Waals surface area contributed by atoms with Crippen LogP contribution in [-0.2, 0) is 41.4 Å². The molecule has 20 nitrogen and oxygen atoms in total. The number of hydrogen-bond acceptors (Lipinski definition) is 17. The van der Waals surface area contributed by atoms with Crippen LogP contribution in [-0.4, -0.2) is 139 Å². The first-order chi connectivity index (χ1) is 20.2. The van der Waals surface area contributed by atoms with E-state index in [2.05, 4.69) is 13.4 Å². The quantitative estimate of drug-likeness (QED) is 0.0622. The number of phosphoric ester groups is 2. The number of nitrogens with one attached hydrogen (secondary N) is 1. The third kappa shape index (κ3) is 10.2. The molecule has 23 heteroatoms. The predicted octanol–water partition coefficient (Wildman–Crippen LogP) is -3.39. The molecule has 0 aliphatic carbocycles. The van der Waals surface area contributed by atoms with E-state index in [9.17, 15) is 54.0 Å². The lowest BCUT2D eigenvalue weighted by Crippen LogP contribution is -2.58. The normalized spacial score (nSPS) is 34.1. The molecule has 1 aromatic heterocycles. The van der Waals surface area contributed by atoms with E-state index in [-0.39, 0.29) is 5.75 Å².